The van der Waals surface area contributed by atoms with Gasteiger partial charge in [-0.3, -0.25) is 9.19 Å². The van der Waals surface area contributed by atoms with Crippen molar-refractivity contribution in [2.75, 3.05) is 5.75 Å². The van der Waals surface area contributed by atoms with E-state index in [4.69, 9.17) is 5.26 Å². The van der Waals surface area contributed by atoms with Crippen molar-refractivity contribution in [2.24, 2.45) is 0 Å². The monoisotopic (exact) mass is 192 g/mol. The van der Waals surface area contributed by atoms with Crippen molar-refractivity contribution in [2.45, 2.75) is 12.2 Å². The molecule has 0 fully saturated rings. The third-order valence-corrected chi connectivity index (χ3v) is 3.44. The number of aromatic nitrogens is 1. The van der Waals surface area contributed by atoms with Gasteiger partial charge in [-0.15, -0.1) is 0 Å². The number of aryl methyl sites for hydroxylation is 1. The van der Waals surface area contributed by atoms with Crippen molar-refractivity contribution in [1.29, 1.82) is 5.26 Å². The van der Waals surface area contributed by atoms with Crippen LogP contribution in [0.25, 0.3) is 0 Å². The molecular weight excluding hydrogens is 184 g/mol. The van der Waals surface area contributed by atoms with Crippen LogP contribution in [0, 0.1) is 11.3 Å². The van der Waals surface area contributed by atoms with Crippen molar-refractivity contribution in [1.82, 2.24) is 4.98 Å². The van der Waals surface area contributed by atoms with Crippen molar-refractivity contribution < 1.29 is 4.21 Å². The molecule has 66 valence electrons. The van der Waals surface area contributed by atoms with E-state index in [9.17, 15) is 4.21 Å². The molecule has 0 spiro atoms. The summed E-state index contributed by atoms with van der Waals surface area (Å²) in [4.78, 5) is 3.97. The Morgan fingerprint density at radius 2 is 2.38 bits per heavy atom. The molecule has 1 aromatic heterocycles. The van der Waals surface area contributed by atoms with E-state index in [1.54, 1.807) is 12.4 Å². The van der Waals surface area contributed by atoms with Crippen LogP contribution >= 0.6 is 0 Å². The van der Waals surface area contributed by atoms with E-state index in [2.05, 4.69) is 11.1 Å². The average molecular weight is 192 g/mol. The highest BCUT2D eigenvalue weighted by atomic mass is 32.2. The second-order valence-corrected chi connectivity index (χ2v) is 4.55. The summed E-state index contributed by atoms with van der Waals surface area (Å²) in [6.07, 6.45) is 4.10. The molecule has 0 radical (unpaired) electrons. The summed E-state index contributed by atoms with van der Waals surface area (Å²) in [5.41, 5.74) is 2.59. The summed E-state index contributed by atoms with van der Waals surface area (Å²) in [6, 6.07) is 2.08. The Bertz CT molecular complexity index is 409. The van der Waals surface area contributed by atoms with Gasteiger partial charge >= 0.3 is 0 Å². The lowest BCUT2D eigenvalue weighted by Crippen LogP contribution is -2.14. The molecule has 2 heterocycles. The number of pyridine rings is 1. The third kappa shape index (κ3) is 1.47. The van der Waals surface area contributed by atoms with Crippen LogP contribution in [0.3, 0.4) is 0 Å². The molecule has 0 bridgehead atoms. The zero-order chi connectivity index (χ0) is 9.26. The quantitative estimate of drug-likeness (QED) is 0.609. The Labute approximate surface area is 78.9 Å². The number of fused-ring (bicyclic) bond motifs is 1. The molecule has 4 heteroatoms. The van der Waals surface area contributed by atoms with Crippen LogP contribution in [0.2, 0.25) is 0 Å². The molecule has 3 nitrogen and oxygen atoms in total. The van der Waals surface area contributed by atoms with Gasteiger partial charge in [0.15, 0.2) is 0 Å². The second-order valence-electron chi connectivity index (χ2n) is 2.97. The predicted molar refractivity (Wildman–Crippen MR) is 49.4 cm³/mol. The standard InChI is InChI=1S/C9H8N2OS/c10-3-8-5-11-4-7-1-2-13(12)6-9(7)8/h4-5H,1-2,6H2. The maximum Gasteiger partial charge on any atom is 0.101 e. The summed E-state index contributed by atoms with van der Waals surface area (Å²) in [6.45, 7) is 0. The van der Waals surface area contributed by atoms with Gasteiger partial charge in [0, 0.05) is 28.9 Å². The molecule has 1 atom stereocenters. The van der Waals surface area contributed by atoms with Crippen LogP contribution in [0.5, 0.6) is 0 Å². The fourth-order valence-corrected chi connectivity index (χ4v) is 2.72. The molecule has 0 saturated carbocycles. The normalized spacial score (nSPS) is 20.4. The van der Waals surface area contributed by atoms with Crippen LogP contribution in [-0.2, 0) is 23.0 Å². The van der Waals surface area contributed by atoms with Gasteiger partial charge < -0.3 is 0 Å². The van der Waals surface area contributed by atoms with E-state index < -0.39 is 10.8 Å². The lowest BCUT2D eigenvalue weighted by Gasteiger charge is -2.15. The number of nitrogens with zero attached hydrogens (tertiary/aromatic N) is 2. The topological polar surface area (TPSA) is 53.8 Å². The average Bonchev–Trinajstić information content (AvgIpc) is 2.17. The van der Waals surface area contributed by atoms with Gasteiger partial charge in [0.2, 0.25) is 0 Å². The fourth-order valence-electron chi connectivity index (χ4n) is 1.47. The van der Waals surface area contributed by atoms with Gasteiger partial charge in [-0.2, -0.15) is 5.26 Å². The first-order valence-corrected chi connectivity index (χ1v) is 5.51. The zero-order valence-electron chi connectivity index (χ0n) is 6.99. The molecule has 1 aromatic rings. The molecule has 1 aliphatic rings. The van der Waals surface area contributed by atoms with Crippen molar-refractivity contribution in [3.05, 3.63) is 29.1 Å². The highest BCUT2D eigenvalue weighted by molar-refractivity contribution is 7.84. The molecule has 2 rings (SSSR count). The Balaban J connectivity index is 2.54. The number of rotatable bonds is 0. The maximum absolute atomic E-state index is 11.3. The van der Waals surface area contributed by atoms with Crippen LogP contribution in [0.1, 0.15) is 16.7 Å². The van der Waals surface area contributed by atoms with Gasteiger partial charge in [0.1, 0.15) is 6.07 Å². The van der Waals surface area contributed by atoms with Crippen LogP contribution in [0.4, 0.5) is 0 Å². The summed E-state index contributed by atoms with van der Waals surface area (Å²) in [5, 5.41) is 8.79. The van der Waals surface area contributed by atoms with Gasteiger partial charge in [0.05, 0.1) is 11.3 Å². The Morgan fingerprint density at radius 3 is 3.15 bits per heavy atom. The Kier molecular flexibility index (Phi) is 2.11. The number of hydrogen-bond donors (Lipinski definition) is 0. The van der Waals surface area contributed by atoms with Crippen LogP contribution in [0.15, 0.2) is 12.4 Å². The number of hydrogen-bond acceptors (Lipinski definition) is 3. The third-order valence-electron chi connectivity index (χ3n) is 2.17. The molecule has 0 N–H and O–H groups in total. The molecule has 0 aliphatic carbocycles. The highest BCUT2D eigenvalue weighted by Crippen LogP contribution is 2.20. The molecule has 13 heavy (non-hydrogen) atoms. The van der Waals surface area contributed by atoms with E-state index >= 15 is 0 Å². The molecule has 0 aromatic carbocycles. The lowest BCUT2D eigenvalue weighted by atomic mass is 10.0. The van der Waals surface area contributed by atoms with Gasteiger partial charge in [-0.25, -0.2) is 0 Å². The molecule has 0 amide bonds. The Hall–Kier alpha value is -1.21. The van der Waals surface area contributed by atoms with Crippen molar-refractivity contribution in [3.8, 4) is 6.07 Å². The van der Waals surface area contributed by atoms with E-state index in [-0.39, 0.29) is 0 Å². The zero-order valence-corrected chi connectivity index (χ0v) is 7.80. The Morgan fingerprint density at radius 1 is 1.54 bits per heavy atom. The minimum atomic E-state index is -0.792. The second kappa shape index (κ2) is 3.27. The highest BCUT2D eigenvalue weighted by Gasteiger charge is 2.17. The van der Waals surface area contributed by atoms with Crippen molar-refractivity contribution >= 4 is 10.8 Å². The first-order valence-electron chi connectivity index (χ1n) is 4.02. The first-order chi connectivity index (χ1) is 6.31. The first kappa shape index (κ1) is 8.39. The molecular formula is C9H8N2OS. The van der Waals surface area contributed by atoms with Crippen molar-refractivity contribution in [3.63, 3.8) is 0 Å². The molecule has 1 unspecified atom stereocenters. The van der Waals surface area contributed by atoms with Gasteiger partial charge in [-0.1, -0.05) is 0 Å². The summed E-state index contributed by atoms with van der Waals surface area (Å²) >= 11 is 0. The van der Waals surface area contributed by atoms with Gasteiger partial charge in [-0.05, 0) is 17.5 Å². The summed E-state index contributed by atoms with van der Waals surface area (Å²) in [7, 11) is -0.792. The fraction of sp³-hybridized carbons (Fsp3) is 0.333. The lowest BCUT2D eigenvalue weighted by molar-refractivity contribution is 0.679. The number of nitriles is 1. The van der Waals surface area contributed by atoms with E-state index in [0.717, 1.165) is 17.5 Å². The molecule has 0 saturated heterocycles. The minimum absolute atomic E-state index is 0.515. The molecule has 1 aliphatic heterocycles. The minimum Gasteiger partial charge on any atom is -0.263 e. The maximum atomic E-state index is 11.3. The smallest absolute Gasteiger partial charge is 0.101 e. The van der Waals surface area contributed by atoms with E-state index in [1.807, 2.05) is 0 Å². The SMILES string of the molecule is N#Cc1cncc2c1CS(=O)CC2. The predicted octanol–water partition coefficient (Wildman–Crippen LogP) is 0.758. The van der Waals surface area contributed by atoms with Gasteiger partial charge in [0.25, 0.3) is 0 Å². The van der Waals surface area contributed by atoms with E-state index in [1.165, 1.54) is 0 Å². The van der Waals surface area contributed by atoms with Crippen LogP contribution in [-0.4, -0.2) is 14.9 Å². The summed E-state index contributed by atoms with van der Waals surface area (Å²) in [5.74, 6) is 1.21. The van der Waals surface area contributed by atoms with E-state index in [0.29, 0.717) is 17.1 Å². The van der Waals surface area contributed by atoms with Crippen LogP contribution < -0.4 is 0 Å². The largest absolute Gasteiger partial charge is 0.263 e. The summed E-state index contributed by atoms with van der Waals surface area (Å²) < 4.78 is 11.3.